The third-order valence-corrected chi connectivity index (χ3v) is 4.65. The molecule has 0 atom stereocenters. The van der Waals surface area contributed by atoms with E-state index >= 15 is 0 Å². The molecule has 1 rings (SSSR count). The monoisotopic (exact) mass is 335 g/mol. The number of hydrogen-bond acceptors (Lipinski definition) is 2. The minimum absolute atomic E-state index is 0.234. The fourth-order valence-electron chi connectivity index (χ4n) is 3.23. The van der Waals surface area contributed by atoms with Crippen molar-refractivity contribution in [3.8, 4) is 0 Å². The number of hydrogen-bond donors (Lipinski definition) is 1. The van der Waals surface area contributed by atoms with Gasteiger partial charge in [-0.15, -0.1) is 0 Å². The molecule has 0 saturated carbocycles. The highest BCUT2D eigenvalue weighted by Crippen LogP contribution is 2.26. The quantitative estimate of drug-likeness (QED) is 0.441. The second kappa shape index (κ2) is 7.39. The van der Waals surface area contributed by atoms with Crippen LogP contribution in [0.25, 0.3) is 0 Å². The molecule has 1 fully saturated rings. The fourth-order valence-corrected chi connectivity index (χ4v) is 3.63. The minimum Gasteiger partial charge on any atom is -0.634 e. The lowest BCUT2D eigenvalue weighted by Crippen LogP contribution is -3.23. The molecule has 0 aromatic heterocycles. The largest absolute Gasteiger partial charge is 0.634 e. The van der Waals surface area contributed by atoms with Crippen molar-refractivity contribution in [2.24, 2.45) is 0 Å². The minimum atomic E-state index is -0.234. The Bertz CT molecular complexity index is 251. The molecule has 0 aromatic rings. The number of unbranched alkanes of at least 4 members (excludes halogenated alkanes) is 3. The summed E-state index contributed by atoms with van der Waals surface area (Å²) in [7, 11) is 0. The first-order valence-corrected chi connectivity index (χ1v) is 8.64. The summed E-state index contributed by atoms with van der Waals surface area (Å²) in [4.78, 5) is 0. The third kappa shape index (κ3) is 5.33. The Morgan fingerprint density at radius 2 is 1.58 bits per heavy atom. The Balaban J connectivity index is 2.31. The maximum atomic E-state index is 12.3. The van der Waals surface area contributed by atoms with Crippen LogP contribution in [0.5, 0.6) is 0 Å². The van der Waals surface area contributed by atoms with E-state index in [1.165, 1.54) is 19.3 Å². The Kier molecular flexibility index (Phi) is 6.77. The maximum absolute atomic E-state index is 12.3. The van der Waals surface area contributed by atoms with Crippen molar-refractivity contribution in [3.05, 3.63) is 5.21 Å². The summed E-state index contributed by atoms with van der Waals surface area (Å²) in [5.41, 5.74) is -0.468. The summed E-state index contributed by atoms with van der Waals surface area (Å²) in [5, 5.41) is 13.8. The summed E-state index contributed by atoms with van der Waals surface area (Å²) in [6.07, 6.45) is 6.89. The van der Waals surface area contributed by atoms with E-state index < -0.39 is 0 Å². The van der Waals surface area contributed by atoms with Crippen LogP contribution in [0.4, 0.5) is 0 Å². The highest BCUT2D eigenvalue weighted by molar-refractivity contribution is 9.09. The van der Waals surface area contributed by atoms with Crippen molar-refractivity contribution >= 4 is 15.9 Å². The maximum Gasteiger partial charge on any atom is 0.0946 e. The zero-order valence-electron chi connectivity index (χ0n) is 12.9. The van der Waals surface area contributed by atoms with Gasteiger partial charge >= 0.3 is 0 Å². The molecule has 1 aliphatic rings. The number of rotatable bonds is 7. The van der Waals surface area contributed by atoms with Crippen LogP contribution >= 0.6 is 15.9 Å². The molecule has 1 heterocycles. The van der Waals surface area contributed by atoms with Gasteiger partial charge in [0.15, 0.2) is 0 Å². The smallest absolute Gasteiger partial charge is 0.0946 e. The summed E-state index contributed by atoms with van der Waals surface area (Å²) < 4.78 is 6.02. The molecular formula is C15H30BrNO2. The van der Waals surface area contributed by atoms with Crippen molar-refractivity contribution in [2.75, 3.05) is 11.9 Å². The summed E-state index contributed by atoms with van der Waals surface area (Å²) >= 11 is 3.45. The van der Waals surface area contributed by atoms with Gasteiger partial charge in [0.1, 0.15) is 0 Å². The van der Waals surface area contributed by atoms with E-state index in [1.54, 1.807) is 0 Å². The van der Waals surface area contributed by atoms with Gasteiger partial charge in [-0.2, -0.15) is 0 Å². The van der Waals surface area contributed by atoms with Crippen molar-refractivity contribution < 1.29 is 9.80 Å². The number of ether oxygens (including phenoxy) is 1. The number of alkyl halides is 1. The molecule has 0 bridgehead atoms. The lowest BCUT2D eigenvalue weighted by atomic mass is 9.80. The van der Waals surface area contributed by atoms with Crippen molar-refractivity contribution in [2.45, 2.75) is 83.4 Å². The summed E-state index contributed by atoms with van der Waals surface area (Å²) in [6.45, 7) is 9.07. The predicted octanol–water partition coefficient (Wildman–Crippen LogP) is 3.06. The van der Waals surface area contributed by atoms with Gasteiger partial charge in [0.2, 0.25) is 0 Å². The molecule has 114 valence electrons. The lowest BCUT2D eigenvalue weighted by Gasteiger charge is -2.54. The Morgan fingerprint density at radius 3 is 2.11 bits per heavy atom. The Hall–Kier alpha value is 0.360. The standard InChI is InChI=1S/C15H30BrNO2/c1-14(2)11-13(12-15(3,4)17(14)18)19-10-8-6-5-7-9-16/h13,17H,5-12H2,1-4H3. The molecule has 1 N–H and O–H groups in total. The van der Waals surface area contributed by atoms with Crippen LogP contribution < -0.4 is 5.06 Å². The molecular weight excluding hydrogens is 306 g/mol. The van der Waals surface area contributed by atoms with Crippen LogP contribution in [-0.2, 0) is 4.74 Å². The Labute approximate surface area is 126 Å². The van der Waals surface area contributed by atoms with Gasteiger partial charge in [0, 0.05) is 24.8 Å². The first kappa shape index (κ1) is 17.4. The normalized spacial score (nSPS) is 29.4. The average Bonchev–Trinajstić information content (AvgIpc) is 2.30. The molecule has 4 heteroatoms. The topological polar surface area (TPSA) is 36.7 Å². The van der Waals surface area contributed by atoms with E-state index in [0.29, 0.717) is 5.06 Å². The number of piperidine rings is 1. The highest BCUT2D eigenvalue weighted by Gasteiger charge is 2.45. The van der Waals surface area contributed by atoms with E-state index in [-0.39, 0.29) is 17.2 Å². The molecule has 1 saturated heterocycles. The van der Waals surface area contributed by atoms with Crippen LogP contribution in [0.1, 0.15) is 66.2 Å². The van der Waals surface area contributed by atoms with E-state index in [4.69, 9.17) is 4.74 Å². The number of hydroxylamine groups is 2. The van der Waals surface area contributed by atoms with Gasteiger partial charge in [-0.3, -0.25) is 0 Å². The highest BCUT2D eigenvalue weighted by atomic mass is 79.9. The van der Waals surface area contributed by atoms with Crippen LogP contribution in [0.3, 0.4) is 0 Å². The molecule has 3 nitrogen and oxygen atoms in total. The first-order valence-electron chi connectivity index (χ1n) is 7.52. The van der Waals surface area contributed by atoms with E-state index in [1.807, 2.05) is 0 Å². The molecule has 1 aliphatic heterocycles. The average molecular weight is 336 g/mol. The van der Waals surface area contributed by atoms with E-state index in [0.717, 1.165) is 31.2 Å². The molecule has 19 heavy (non-hydrogen) atoms. The number of nitrogens with one attached hydrogen (secondary N) is 1. The molecule has 0 spiro atoms. The third-order valence-electron chi connectivity index (χ3n) is 4.09. The number of quaternary nitrogens is 1. The van der Waals surface area contributed by atoms with Gasteiger partial charge in [-0.1, -0.05) is 28.8 Å². The fraction of sp³-hybridized carbons (Fsp3) is 1.00. The lowest BCUT2D eigenvalue weighted by molar-refractivity contribution is -0.956. The van der Waals surface area contributed by atoms with Crippen LogP contribution in [-0.4, -0.2) is 29.1 Å². The zero-order valence-corrected chi connectivity index (χ0v) is 14.5. The SMILES string of the molecule is CC1(C)CC(OCCCCCCBr)CC(C)(C)[NH+]1[O-]. The Morgan fingerprint density at radius 1 is 1.05 bits per heavy atom. The zero-order chi connectivity index (χ0) is 14.5. The predicted molar refractivity (Wildman–Crippen MR) is 83.7 cm³/mol. The summed E-state index contributed by atoms with van der Waals surface area (Å²) in [5.74, 6) is 0. The van der Waals surface area contributed by atoms with E-state index in [2.05, 4.69) is 43.6 Å². The molecule has 0 unspecified atom stereocenters. The van der Waals surface area contributed by atoms with Gasteiger partial charge < -0.3 is 15.0 Å². The van der Waals surface area contributed by atoms with E-state index in [9.17, 15) is 5.21 Å². The van der Waals surface area contributed by atoms with Crippen molar-refractivity contribution in [1.29, 1.82) is 0 Å². The summed E-state index contributed by atoms with van der Waals surface area (Å²) in [6, 6.07) is 0. The second-order valence-corrected chi connectivity index (χ2v) is 7.89. The van der Waals surface area contributed by atoms with Gasteiger partial charge in [-0.05, 0) is 40.5 Å². The van der Waals surface area contributed by atoms with Gasteiger partial charge in [0.05, 0.1) is 17.2 Å². The molecule has 0 amide bonds. The molecule has 0 aromatic carbocycles. The molecule has 0 aliphatic carbocycles. The van der Waals surface area contributed by atoms with Crippen molar-refractivity contribution in [1.82, 2.24) is 0 Å². The van der Waals surface area contributed by atoms with Crippen LogP contribution in [0, 0.1) is 5.21 Å². The van der Waals surface area contributed by atoms with Gasteiger partial charge in [-0.25, -0.2) is 0 Å². The van der Waals surface area contributed by atoms with Crippen LogP contribution in [0.15, 0.2) is 0 Å². The molecule has 0 radical (unpaired) electrons. The second-order valence-electron chi connectivity index (χ2n) is 7.10. The van der Waals surface area contributed by atoms with Crippen molar-refractivity contribution in [3.63, 3.8) is 0 Å². The number of halogens is 1. The van der Waals surface area contributed by atoms with Crippen LogP contribution in [0.2, 0.25) is 0 Å². The first-order chi connectivity index (χ1) is 8.79. The van der Waals surface area contributed by atoms with Gasteiger partial charge in [0.25, 0.3) is 0 Å².